The zero-order valence-electron chi connectivity index (χ0n) is 11.5. The molecule has 0 bridgehead atoms. The van der Waals surface area contributed by atoms with Crippen LogP contribution in [0.2, 0.25) is 0 Å². The summed E-state index contributed by atoms with van der Waals surface area (Å²) in [7, 11) is -3.20. The first-order chi connectivity index (χ1) is 9.10. The highest BCUT2D eigenvalue weighted by Crippen LogP contribution is 2.11. The lowest BCUT2D eigenvalue weighted by Gasteiger charge is -2.21. The van der Waals surface area contributed by atoms with E-state index in [2.05, 4.69) is 4.98 Å². The molecule has 19 heavy (non-hydrogen) atoms. The van der Waals surface area contributed by atoms with Crippen LogP contribution in [0.3, 0.4) is 0 Å². The van der Waals surface area contributed by atoms with Crippen LogP contribution >= 0.6 is 0 Å². The largest absolute Gasteiger partial charge is 0.330 e. The summed E-state index contributed by atoms with van der Waals surface area (Å²) < 4.78 is 26.0. The van der Waals surface area contributed by atoms with E-state index in [1.807, 2.05) is 19.1 Å². The molecule has 0 saturated heterocycles. The second-order valence-corrected chi connectivity index (χ2v) is 6.60. The zero-order valence-corrected chi connectivity index (χ0v) is 12.3. The monoisotopic (exact) mass is 285 g/mol. The summed E-state index contributed by atoms with van der Waals surface area (Å²) in [5.41, 5.74) is 6.38. The van der Waals surface area contributed by atoms with Crippen molar-refractivity contribution in [1.82, 2.24) is 9.29 Å². The number of unbranched alkanes of at least 4 members (excludes halogenated alkanes) is 1. The van der Waals surface area contributed by atoms with Crippen LogP contribution in [0.5, 0.6) is 0 Å². The van der Waals surface area contributed by atoms with Crippen molar-refractivity contribution in [2.45, 2.75) is 32.7 Å². The molecular weight excluding hydrogens is 262 g/mol. The fourth-order valence-corrected chi connectivity index (χ4v) is 3.40. The van der Waals surface area contributed by atoms with Gasteiger partial charge in [-0.3, -0.25) is 4.98 Å². The van der Waals surface area contributed by atoms with Crippen molar-refractivity contribution in [3.63, 3.8) is 0 Å². The Kier molecular flexibility index (Phi) is 6.97. The van der Waals surface area contributed by atoms with Crippen molar-refractivity contribution in [2.75, 3.05) is 18.8 Å². The molecule has 0 amide bonds. The quantitative estimate of drug-likeness (QED) is 0.743. The average Bonchev–Trinajstić information content (AvgIpc) is 2.42. The van der Waals surface area contributed by atoms with Crippen LogP contribution in [-0.4, -0.2) is 36.5 Å². The molecule has 2 N–H and O–H groups in total. The van der Waals surface area contributed by atoms with E-state index >= 15 is 0 Å². The third-order valence-corrected chi connectivity index (χ3v) is 4.75. The van der Waals surface area contributed by atoms with Crippen LogP contribution in [-0.2, 0) is 16.6 Å². The molecule has 108 valence electrons. The van der Waals surface area contributed by atoms with E-state index in [-0.39, 0.29) is 5.75 Å². The molecule has 0 aromatic carbocycles. The summed E-state index contributed by atoms with van der Waals surface area (Å²) in [6, 6.07) is 3.70. The van der Waals surface area contributed by atoms with Gasteiger partial charge in [0, 0.05) is 25.5 Å². The fourth-order valence-electron chi connectivity index (χ4n) is 1.74. The summed E-state index contributed by atoms with van der Waals surface area (Å²) in [6.07, 6.45) is 5.61. The summed E-state index contributed by atoms with van der Waals surface area (Å²) in [6.45, 7) is 3.32. The van der Waals surface area contributed by atoms with Gasteiger partial charge in [0.2, 0.25) is 10.0 Å². The molecule has 6 heteroatoms. The lowest BCUT2D eigenvalue weighted by Crippen LogP contribution is -2.34. The van der Waals surface area contributed by atoms with Crippen LogP contribution in [0.25, 0.3) is 0 Å². The normalized spacial score (nSPS) is 11.9. The summed E-state index contributed by atoms with van der Waals surface area (Å²) >= 11 is 0. The highest BCUT2D eigenvalue weighted by Gasteiger charge is 2.21. The molecule has 1 aromatic heterocycles. The number of hydrogen-bond acceptors (Lipinski definition) is 4. The van der Waals surface area contributed by atoms with Crippen LogP contribution in [0.4, 0.5) is 0 Å². The molecule has 0 radical (unpaired) electrons. The lowest BCUT2D eigenvalue weighted by atomic mass is 10.3. The van der Waals surface area contributed by atoms with Crippen molar-refractivity contribution in [3.8, 4) is 0 Å². The van der Waals surface area contributed by atoms with Gasteiger partial charge in [-0.15, -0.1) is 0 Å². The van der Waals surface area contributed by atoms with Crippen molar-refractivity contribution >= 4 is 10.0 Å². The van der Waals surface area contributed by atoms with Gasteiger partial charge in [0.05, 0.1) is 5.75 Å². The Balaban J connectivity index is 2.76. The molecule has 1 rings (SSSR count). The number of nitrogens with two attached hydrogens (primary N) is 1. The minimum absolute atomic E-state index is 0.203. The van der Waals surface area contributed by atoms with Gasteiger partial charge in [0.1, 0.15) is 0 Å². The SMILES string of the molecule is CCCCS(=O)(=O)N(CCCN)Cc1cccnc1. The first kappa shape index (κ1) is 16.1. The Morgan fingerprint density at radius 1 is 1.37 bits per heavy atom. The minimum atomic E-state index is -3.20. The predicted octanol–water partition coefficient (Wildman–Crippen LogP) is 1.36. The highest BCUT2D eigenvalue weighted by atomic mass is 32.2. The Labute approximate surface area is 115 Å². The molecule has 0 aliphatic heterocycles. The Morgan fingerprint density at radius 2 is 2.16 bits per heavy atom. The van der Waals surface area contributed by atoms with E-state index in [1.165, 1.54) is 4.31 Å². The van der Waals surface area contributed by atoms with Crippen molar-refractivity contribution in [3.05, 3.63) is 30.1 Å². The first-order valence-electron chi connectivity index (χ1n) is 6.67. The Bertz CT molecular complexity index is 448. The standard InChI is InChI=1S/C13H23N3O2S/c1-2-3-10-19(17,18)16(9-5-7-14)12-13-6-4-8-15-11-13/h4,6,8,11H,2-3,5,7,9-10,12,14H2,1H3. The maximum absolute atomic E-state index is 12.3. The number of pyridine rings is 1. The van der Waals surface area contributed by atoms with Gasteiger partial charge in [-0.1, -0.05) is 19.4 Å². The Morgan fingerprint density at radius 3 is 2.74 bits per heavy atom. The van der Waals surface area contributed by atoms with Gasteiger partial charge in [-0.25, -0.2) is 8.42 Å². The molecule has 1 aromatic rings. The topological polar surface area (TPSA) is 76.3 Å². The minimum Gasteiger partial charge on any atom is -0.330 e. The smallest absolute Gasteiger partial charge is 0.214 e. The van der Waals surface area contributed by atoms with E-state index in [1.54, 1.807) is 12.4 Å². The van der Waals surface area contributed by atoms with Gasteiger partial charge in [0.15, 0.2) is 0 Å². The van der Waals surface area contributed by atoms with E-state index in [4.69, 9.17) is 5.73 Å². The van der Waals surface area contributed by atoms with Gasteiger partial charge in [-0.05, 0) is 31.0 Å². The van der Waals surface area contributed by atoms with Crippen LogP contribution in [0, 0.1) is 0 Å². The zero-order chi connectivity index (χ0) is 14.1. The second kappa shape index (κ2) is 8.24. The van der Waals surface area contributed by atoms with E-state index in [0.29, 0.717) is 32.5 Å². The number of sulfonamides is 1. The van der Waals surface area contributed by atoms with E-state index in [0.717, 1.165) is 12.0 Å². The van der Waals surface area contributed by atoms with Crippen molar-refractivity contribution < 1.29 is 8.42 Å². The van der Waals surface area contributed by atoms with E-state index < -0.39 is 10.0 Å². The highest BCUT2D eigenvalue weighted by molar-refractivity contribution is 7.89. The van der Waals surface area contributed by atoms with Gasteiger partial charge in [-0.2, -0.15) is 4.31 Å². The molecule has 0 aliphatic rings. The fraction of sp³-hybridized carbons (Fsp3) is 0.615. The molecule has 0 atom stereocenters. The van der Waals surface area contributed by atoms with Gasteiger partial charge in [0.25, 0.3) is 0 Å². The molecular formula is C13H23N3O2S. The predicted molar refractivity (Wildman–Crippen MR) is 77.0 cm³/mol. The molecule has 0 saturated carbocycles. The molecule has 5 nitrogen and oxygen atoms in total. The molecule has 0 fully saturated rings. The molecule has 0 aliphatic carbocycles. The first-order valence-corrected chi connectivity index (χ1v) is 8.28. The average molecular weight is 285 g/mol. The third-order valence-electron chi connectivity index (χ3n) is 2.84. The maximum Gasteiger partial charge on any atom is 0.214 e. The summed E-state index contributed by atoms with van der Waals surface area (Å²) in [5.74, 6) is 0.203. The molecule has 0 spiro atoms. The number of rotatable bonds is 9. The van der Waals surface area contributed by atoms with Crippen molar-refractivity contribution in [1.29, 1.82) is 0 Å². The van der Waals surface area contributed by atoms with Gasteiger partial charge >= 0.3 is 0 Å². The second-order valence-electron chi connectivity index (χ2n) is 4.51. The number of aromatic nitrogens is 1. The molecule has 0 unspecified atom stereocenters. The third kappa shape index (κ3) is 5.67. The van der Waals surface area contributed by atoms with E-state index in [9.17, 15) is 8.42 Å². The lowest BCUT2D eigenvalue weighted by molar-refractivity contribution is 0.400. The summed E-state index contributed by atoms with van der Waals surface area (Å²) in [5, 5.41) is 0. The van der Waals surface area contributed by atoms with Crippen LogP contribution in [0.15, 0.2) is 24.5 Å². The molecule has 1 heterocycles. The van der Waals surface area contributed by atoms with Gasteiger partial charge < -0.3 is 5.73 Å². The van der Waals surface area contributed by atoms with Crippen LogP contribution < -0.4 is 5.73 Å². The number of hydrogen-bond donors (Lipinski definition) is 1. The Hall–Kier alpha value is -0.980. The number of nitrogens with zero attached hydrogens (tertiary/aromatic N) is 2. The van der Waals surface area contributed by atoms with Crippen LogP contribution in [0.1, 0.15) is 31.7 Å². The maximum atomic E-state index is 12.3. The summed E-state index contributed by atoms with van der Waals surface area (Å²) in [4.78, 5) is 4.02. The van der Waals surface area contributed by atoms with Crippen molar-refractivity contribution in [2.24, 2.45) is 5.73 Å².